The molecule has 1 aromatic heterocycles. The van der Waals surface area contributed by atoms with E-state index in [-0.39, 0.29) is 26.4 Å². The van der Waals surface area contributed by atoms with Crippen molar-refractivity contribution in [3.63, 3.8) is 0 Å². The van der Waals surface area contributed by atoms with E-state index in [9.17, 15) is 14.4 Å². The average Bonchev–Trinajstić information content (AvgIpc) is 3.01. The number of methoxy groups -OCH3 is 1. The number of ether oxygens (including phenoxy) is 1. The highest BCUT2D eigenvalue weighted by Gasteiger charge is 2.39. The topological polar surface area (TPSA) is 85.8 Å². The molecule has 0 radical (unpaired) electrons. The minimum Gasteiger partial charge on any atom is -0.473 e. The third-order valence-corrected chi connectivity index (χ3v) is 4.24. The lowest BCUT2D eigenvalue weighted by Gasteiger charge is -2.11. The summed E-state index contributed by atoms with van der Waals surface area (Å²) in [5, 5.41) is 0.456. The van der Waals surface area contributed by atoms with E-state index in [1.807, 2.05) is 0 Å². The highest BCUT2D eigenvalue weighted by molar-refractivity contribution is 7.15. The molecule has 7 nitrogen and oxygen atoms in total. The van der Waals surface area contributed by atoms with E-state index in [0.29, 0.717) is 5.06 Å². The molecule has 0 aliphatic carbocycles. The van der Waals surface area contributed by atoms with Crippen LogP contribution < -0.4 is 4.74 Å². The first-order valence-corrected chi connectivity index (χ1v) is 7.12. The highest BCUT2D eigenvalue weighted by Crippen LogP contribution is 2.30. The lowest BCUT2D eigenvalue weighted by atomic mass is 10.1. The van der Waals surface area contributed by atoms with Crippen LogP contribution in [0.3, 0.4) is 0 Å². The predicted octanol–water partition coefficient (Wildman–Crippen LogP) is 2.17. The number of fused-ring (bicyclic) bond motifs is 1. The summed E-state index contributed by atoms with van der Waals surface area (Å²) in [6, 6.07) is 6.18. The van der Waals surface area contributed by atoms with Crippen molar-refractivity contribution in [3.05, 3.63) is 45.4 Å². The molecule has 9 heteroatoms. The predicted molar refractivity (Wildman–Crippen MR) is 76.0 cm³/mol. The van der Waals surface area contributed by atoms with Gasteiger partial charge in [-0.3, -0.25) is 9.59 Å². The number of amides is 2. The Kier molecular flexibility index (Phi) is 3.55. The van der Waals surface area contributed by atoms with Crippen LogP contribution in [-0.4, -0.2) is 34.9 Å². The van der Waals surface area contributed by atoms with Gasteiger partial charge >= 0.3 is 5.97 Å². The molecule has 112 valence electrons. The monoisotopic (exact) mass is 338 g/mol. The lowest BCUT2D eigenvalue weighted by Crippen LogP contribution is -2.32. The van der Waals surface area contributed by atoms with Gasteiger partial charge in [0.1, 0.15) is 0 Å². The Hall–Kier alpha value is -2.45. The number of carbonyl (C=O) groups excluding carboxylic acids is 3. The van der Waals surface area contributed by atoms with Crippen molar-refractivity contribution in [3.8, 4) is 5.19 Å². The fraction of sp³-hybridized carbons (Fsp3) is 0.0769. The number of benzene rings is 1. The minimum atomic E-state index is -0.958. The van der Waals surface area contributed by atoms with E-state index in [1.54, 1.807) is 12.1 Å². The van der Waals surface area contributed by atoms with Gasteiger partial charge in [-0.15, -0.1) is 0 Å². The van der Waals surface area contributed by atoms with Gasteiger partial charge in [-0.05, 0) is 12.1 Å². The Bertz CT molecular complexity index is 768. The van der Waals surface area contributed by atoms with Crippen molar-refractivity contribution >= 4 is 40.7 Å². The summed E-state index contributed by atoms with van der Waals surface area (Å²) in [6.07, 6.45) is 0. The molecule has 0 atom stereocenters. The Balaban J connectivity index is 1.85. The van der Waals surface area contributed by atoms with Crippen molar-refractivity contribution in [2.24, 2.45) is 0 Å². The molecular formula is C13H7ClN2O5S. The molecule has 2 aromatic rings. The average molecular weight is 339 g/mol. The van der Waals surface area contributed by atoms with E-state index in [2.05, 4.69) is 4.98 Å². The summed E-state index contributed by atoms with van der Waals surface area (Å²) in [5.74, 6) is -2.37. The smallest absolute Gasteiger partial charge is 0.377 e. The van der Waals surface area contributed by atoms with E-state index >= 15 is 0 Å². The summed E-state index contributed by atoms with van der Waals surface area (Å²) >= 11 is 6.64. The van der Waals surface area contributed by atoms with Gasteiger partial charge in [0.2, 0.25) is 0 Å². The molecule has 0 unspecified atom stereocenters. The zero-order chi connectivity index (χ0) is 15.9. The summed E-state index contributed by atoms with van der Waals surface area (Å²) in [4.78, 5) is 44.8. The maximum atomic E-state index is 12.1. The fourth-order valence-corrected chi connectivity index (χ4v) is 2.84. The van der Waals surface area contributed by atoms with E-state index in [0.717, 1.165) is 11.3 Å². The number of rotatable bonds is 3. The summed E-state index contributed by atoms with van der Waals surface area (Å²) < 4.78 is 4.86. The number of hydrogen-bond acceptors (Lipinski definition) is 7. The molecule has 0 saturated heterocycles. The summed E-state index contributed by atoms with van der Waals surface area (Å²) in [7, 11) is 1.37. The molecule has 2 amide bonds. The first-order valence-electron chi connectivity index (χ1n) is 5.93. The molecule has 0 bridgehead atoms. The van der Waals surface area contributed by atoms with Gasteiger partial charge in [0.25, 0.3) is 17.0 Å². The van der Waals surface area contributed by atoms with Crippen molar-refractivity contribution in [2.45, 2.75) is 0 Å². The molecule has 1 aliphatic rings. The molecule has 22 heavy (non-hydrogen) atoms. The number of imide groups is 1. The van der Waals surface area contributed by atoms with Crippen molar-refractivity contribution in [1.29, 1.82) is 0 Å². The van der Waals surface area contributed by atoms with Gasteiger partial charge < -0.3 is 9.57 Å². The number of aromatic nitrogens is 1. The number of hydroxylamine groups is 2. The van der Waals surface area contributed by atoms with E-state index in [1.165, 1.54) is 19.2 Å². The van der Waals surface area contributed by atoms with Crippen LogP contribution in [0.2, 0.25) is 5.15 Å². The maximum absolute atomic E-state index is 12.1. The third kappa shape index (κ3) is 2.22. The second-order valence-electron chi connectivity index (χ2n) is 4.13. The Morgan fingerprint density at radius 3 is 2.32 bits per heavy atom. The van der Waals surface area contributed by atoms with Crippen LogP contribution in [0.25, 0.3) is 0 Å². The Morgan fingerprint density at radius 1 is 1.23 bits per heavy atom. The first-order chi connectivity index (χ1) is 10.5. The molecule has 2 heterocycles. The van der Waals surface area contributed by atoms with Crippen LogP contribution in [0, 0.1) is 0 Å². The normalized spacial score (nSPS) is 13.3. The quantitative estimate of drug-likeness (QED) is 0.797. The number of hydrogen-bond donors (Lipinski definition) is 0. The van der Waals surface area contributed by atoms with Crippen LogP contribution in [0.15, 0.2) is 24.3 Å². The lowest BCUT2D eigenvalue weighted by molar-refractivity contribution is -0.0581. The SMILES string of the molecule is COc1nc(Cl)c(C(=O)ON2C(=O)c3ccccc3C2=O)s1. The van der Waals surface area contributed by atoms with Crippen molar-refractivity contribution in [1.82, 2.24) is 10.0 Å². The van der Waals surface area contributed by atoms with Crippen LogP contribution in [0.4, 0.5) is 0 Å². The van der Waals surface area contributed by atoms with E-state index in [4.69, 9.17) is 21.2 Å². The maximum Gasteiger partial charge on any atom is 0.377 e. The largest absolute Gasteiger partial charge is 0.473 e. The molecule has 3 rings (SSSR count). The van der Waals surface area contributed by atoms with Crippen LogP contribution in [0.1, 0.15) is 30.4 Å². The second kappa shape index (κ2) is 5.39. The minimum absolute atomic E-state index is 0.0601. The third-order valence-electron chi connectivity index (χ3n) is 2.86. The van der Waals surface area contributed by atoms with Gasteiger partial charge in [0, 0.05) is 0 Å². The molecule has 1 aromatic carbocycles. The molecular weight excluding hydrogens is 332 g/mol. The van der Waals surface area contributed by atoms with Crippen LogP contribution in [0.5, 0.6) is 5.19 Å². The van der Waals surface area contributed by atoms with Gasteiger partial charge in [-0.2, -0.15) is 4.98 Å². The van der Waals surface area contributed by atoms with E-state index < -0.39 is 17.8 Å². The summed E-state index contributed by atoms with van der Waals surface area (Å²) in [6.45, 7) is 0. The van der Waals surface area contributed by atoms with Gasteiger partial charge in [-0.1, -0.05) is 40.1 Å². The Labute approximate surface area is 133 Å². The zero-order valence-corrected chi connectivity index (χ0v) is 12.6. The molecule has 0 N–H and O–H groups in total. The molecule has 0 spiro atoms. The van der Waals surface area contributed by atoms with Crippen molar-refractivity contribution < 1.29 is 24.0 Å². The van der Waals surface area contributed by atoms with Crippen molar-refractivity contribution in [2.75, 3.05) is 7.11 Å². The van der Waals surface area contributed by atoms with Crippen LogP contribution >= 0.6 is 22.9 Å². The van der Waals surface area contributed by atoms with Crippen LogP contribution in [-0.2, 0) is 4.84 Å². The number of halogens is 1. The number of thiazole rings is 1. The standard InChI is InChI=1S/C13H7ClN2O5S/c1-20-13-15-9(14)8(22-13)12(19)21-16-10(17)6-4-2-3-5-7(6)11(16)18/h2-5H,1H3. The number of carbonyl (C=O) groups is 3. The highest BCUT2D eigenvalue weighted by atomic mass is 35.5. The zero-order valence-electron chi connectivity index (χ0n) is 11.0. The molecule has 0 saturated carbocycles. The van der Waals surface area contributed by atoms with Gasteiger partial charge in [0.15, 0.2) is 10.0 Å². The molecule has 1 aliphatic heterocycles. The molecule has 0 fully saturated rings. The Morgan fingerprint density at radius 2 is 1.82 bits per heavy atom. The second-order valence-corrected chi connectivity index (χ2v) is 5.45. The van der Waals surface area contributed by atoms with Gasteiger partial charge in [0.05, 0.1) is 18.2 Å². The number of nitrogens with zero attached hydrogens (tertiary/aromatic N) is 2. The van der Waals surface area contributed by atoms with Gasteiger partial charge in [-0.25, -0.2) is 4.79 Å². The summed E-state index contributed by atoms with van der Waals surface area (Å²) in [5.41, 5.74) is 0.349. The first kappa shape index (κ1) is 14.5. The fourth-order valence-electron chi connectivity index (χ4n) is 1.87.